The summed E-state index contributed by atoms with van der Waals surface area (Å²) in [4.78, 5) is 24.9. The molecule has 2 N–H and O–H groups in total. The minimum Gasteiger partial charge on any atom is -0.504 e. The average molecular weight is 372 g/mol. The van der Waals surface area contributed by atoms with Gasteiger partial charge in [0.05, 0.1) is 11.7 Å². The lowest BCUT2D eigenvalue weighted by molar-refractivity contribution is 0.0688. The molecule has 0 aromatic heterocycles. The van der Waals surface area contributed by atoms with Crippen LogP contribution in [0.2, 0.25) is 0 Å². The molecule has 0 saturated heterocycles. The number of aromatic carboxylic acids is 1. The number of phenols is 1. The molecule has 0 spiro atoms. The Morgan fingerprint density at radius 3 is 2.23 bits per heavy atom. The van der Waals surface area contributed by atoms with Gasteiger partial charge in [-0.2, -0.15) is 0 Å². The van der Waals surface area contributed by atoms with Gasteiger partial charge in [-0.1, -0.05) is 18.2 Å². The molecule has 5 nitrogen and oxygen atoms in total. The number of allylic oxidation sites excluding steroid dienone is 1. The van der Waals surface area contributed by atoms with Gasteiger partial charge in [-0.15, -0.1) is 11.8 Å². The third-order valence-electron chi connectivity index (χ3n) is 3.52. The molecule has 0 fully saturated rings. The van der Waals surface area contributed by atoms with Gasteiger partial charge in [-0.3, -0.25) is 4.79 Å². The maximum Gasteiger partial charge on any atom is 0.339 e. The van der Waals surface area contributed by atoms with Gasteiger partial charge in [0.1, 0.15) is 5.56 Å². The van der Waals surface area contributed by atoms with Crippen LogP contribution in [0, 0.1) is 0 Å². The molecule has 0 aliphatic heterocycles. The van der Waals surface area contributed by atoms with Crippen molar-refractivity contribution < 1.29 is 24.5 Å². The highest BCUT2D eigenvalue weighted by Gasteiger charge is 2.22. The number of benzene rings is 2. The van der Waals surface area contributed by atoms with Crippen LogP contribution in [0.25, 0.3) is 6.08 Å². The Bertz CT molecular complexity index is 838. The molecular formula is C20H20O5S. The smallest absolute Gasteiger partial charge is 0.339 e. The fourth-order valence-corrected chi connectivity index (χ4v) is 2.68. The maximum atomic E-state index is 12.4. The van der Waals surface area contributed by atoms with Gasteiger partial charge < -0.3 is 14.9 Å². The van der Waals surface area contributed by atoms with Crippen molar-refractivity contribution in [3.05, 3.63) is 59.2 Å². The lowest BCUT2D eigenvalue weighted by atomic mass is 10.0. The molecule has 0 aliphatic carbocycles. The second-order valence-electron chi connectivity index (χ2n) is 5.78. The quantitative estimate of drug-likeness (QED) is 0.423. The van der Waals surface area contributed by atoms with E-state index in [4.69, 9.17) is 4.74 Å². The largest absolute Gasteiger partial charge is 0.504 e. The molecule has 6 heteroatoms. The molecule has 0 heterocycles. The minimum atomic E-state index is -1.24. The molecule has 2 rings (SSSR count). The molecule has 26 heavy (non-hydrogen) atoms. The Morgan fingerprint density at radius 1 is 1.08 bits per heavy atom. The highest BCUT2D eigenvalue weighted by molar-refractivity contribution is 7.98. The standard InChI is InChI=1S/C20H20O5S/c1-12(2)25-19-16(20(23)24)10-9-15(18(19)22)17(21)11-6-13-4-7-14(26-3)8-5-13/h4-12,22H,1-3H3,(H,23,24)/b11-6+. The third-order valence-corrected chi connectivity index (χ3v) is 4.27. The van der Waals surface area contributed by atoms with Crippen molar-refractivity contribution >= 4 is 29.6 Å². The zero-order valence-corrected chi connectivity index (χ0v) is 15.5. The molecule has 0 aliphatic rings. The van der Waals surface area contributed by atoms with Gasteiger partial charge in [0.2, 0.25) is 0 Å². The SMILES string of the molecule is CSc1ccc(/C=C/C(=O)c2ccc(C(=O)O)c(OC(C)C)c2O)cc1. The number of aromatic hydroxyl groups is 1. The Kier molecular flexibility index (Phi) is 6.46. The second-order valence-corrected chi connectivity index (χ2v) is 6.66. The maximum absolute atomic E-state index is 12.4. The van der Waals surface area contributed by atoms with Crippen LogP contribution in [-0.2, 0) is 0 Å². The predicted molar refractivity (Wildman–Crippen MR) is 102 cm³/mol. The van der Waals surface area contributed by atoms with Gasteiger partial charge >= 0.3 is 5.97 Å². The molecule has 0 bridgehead atoms. The van der Waals surface area contributed by atoms with Crippen molar-refractivity contribution in [3.63, 3.8) is 0 Å². The number of carbonyl (C=O) groups is 2. The highest BCUT2D eigenvalue weighted by Crippen LogP contribution is 2.35. The molecule has 2 aromatic rings. The zero-order valence-electron chi connectivity index (χ0n) is 14.7. The first-order valence-electron chi connectivity index (χ1n) is 7.96. The summed E-state index contributed by atoms with van der Waals surface area (Å²) in [5, 5.41) is 19.6. The number of carboxylic acid groups (broad SMARTS) is 1. The van der Waals surface area contributed by atoms with Crippen molar-refractivity contribution in [1.29, 1.82) is 0 Å². The Balaban J connectivity index is 2.32. The van der Waals surface area contributed by atoms with Crippen LogP contribution in [0.1, 0.15) is 40.1 Å². The van der Waals surface area contributed by atoms with E-state index >= 15 is 0 Å². The van der Waals surface area contributed by atoms with Crippen LogP contribution in [0.15, 0.2) is 47.4 Å². The molecule has 2 aromatic carbocycles. The van der Waals surface area contributed by atoms with E-state index in [2.05, 4.69) is 0 Å². The van der Waals surface area contributed by atoms with E-state index < -0.39 is 17.5 Å². The Labute approximate surface area is 156 Å². The summed E-state index contributed by atoms with van der Waals surface area (Å²) in [5.74, 6) is -2.34. The number of ketones is 1. The van der Waals surface area contributed by atoms with Gasteiger partial charge in [-0.25, -0.2) is 4.79 Å². The van der Waals surface area contributed by atoms with E-state index in [9.17, 15) is 19.8 Å². The number of carbonyl (C=O) groups excluding carboxylic acids is 1. The highest BCUT2D eigenvalue weighted by atomic mass is 32.2. The molecule has 0 saturated carbocycles. The first-order valence-corrected chi connectivity index (χ1v) is 9.18. The average Bonchev–Trinajstić information content (AvgIpc) is 2.61. The van der Waals surface area contributed by atoms with Crippen molar-refractivity contribution in [2.45, 2.75) is 24.8 Å². The number of ether oxygens (including phenoxy) is 1. The van der Waals surface area contributed by atoms with Crippen molar-refractivity contribution in [2.75, 3.05) is 6.26 Å². The number of rotatable bonds is 7. The van der Waals surface area contributed by atoms with Gasteiger partial charge in [0.25, 0.3) is 0 Å². The lowest BCUT2D eigenvalue weighted by Crippen LogP contribution is -2.11. The zero-order chi connectivity index (χ0) is 19.3. The molecule has 0 amide bonds. The van der Waals surface area contributed by atoms with Crippen LogP contribution in [0.5, 0.6) is 11.5 Å². The molecule has 0 radical (unpaired) electrons. The fraction of sp³-hybridized carbons (Fsp3) is 0.200. The van der Waals surface area contributed by atoms with Crippen LogP contribution in [0.4, 0.5) is 0 Å². The van der Waals surface area contributed by atoms with Gasteiger partial charge in [0.15, 0.2) is 17.3 Å². The summed E-state index contributed by atoms with van der Waals surface area (Å²) < 4.78 is 5.41. The number of phenolic OH excluding ortho intramolecular Hbond substituents is 1. The summed E-state index contributed by atoms with van der Waals surface area (Å²) in [7, 11) is 0. The van der Waals surface area contributed by atoms with E-state index in [1.807, 2.05) is 30.5 Å². The van der Waals surface area contributed by atoms with Crippen LogP contribution in [-0.4, -0.2) is 34.3 Å². The third kappa shape index (κ3) is 4.67. The van der Waals surface area contributed by atoms with Gasteiger partial charge in [-0.05, 0) is 56.0 Å². The number of hydrogen-bond acceptors (Lipinski definition) is 5. The van der Waals surface area contributed by atoms with Crippen LogP contribution in [0.3, 0.4) is 0 Å². The van der Waals surface area contributed by atoms with Crippen molar-refractivity contribution in [1.82, 2.24) is 0 Å². The molecule has 0 unspecified atom stereocenters. The fourth-order valence-electron chi connectivity index (χ4n) is 2.27. The van der Waals surface area contributed by atoms with Crippen molar-refractivity contribution in [2.24, 2.45) is 0 Å². The summed E-state index contributed by atoms with van der Waals surface area (Å²) in [6.45, 7) is 3.41. The van der Waals surface area contributed by atoms with Crippen molar-refractivity contribution in [3.8, 4) is 11.5 Å². The van der Waals surface area contributed by atoms with E-state index in [-0.39, 0.29) is 23.0 Å². The molecule has 0 atom stereocenters. The molecular weight excluding hydrogens is 352 g/mol. The second kappa shape index (κ2) is 8.58. The number of carboxylic acids is 1. The predicted octanol–water partition coefficient (Wildman–Crippen LogP) is 4.50. The van der Waals surface area contributed by atoms with Gasteiger partial charge in [0, 0.05) is 4.90 Å². The van der Waals surface area contributed by atoms with Crippen LogP contribution < -0.4 is 4.74 Å². The van der Waals surface area contributed by atoms with Crippen LogP contribution >= 0.6 is 11.8 Å². The first kappa shape index (κ1) is 19.6. The summed E-state index contributed by atoms with van der Waals surface area (Å²) in [5.41, 5.74) is 0.642. The Morgan fingerprint density at radius 2 is 1.69 bits per heavy atom. The normalized spacial score (nSPS) is 11.1. The topological polar surface area (TPSA) is 83.8 Å². The number of thioether (sulfide) groups is 1. The monoisotopic (exact) mass is 372 g/mol. The van der Waals surface area contributed by atoms with E-state index in [1.165, 1.54) is 18.2 Å². The van der Waals surface area contributed by atoms with E-state index in [0.29, 0.717) is 0 Å². The lowest BCUT2D eigenvalue weighted by Gasteiger charge is -2.15. The minimum absolute atomic E-state index is 0.0115. The summed E-state index contributed by atoms with van der Waals surface area (Å²) >= 11 is 1.62. The Hall–Kier alpha value is -2.73. The summed E-state index contributed by atoms with van der Waals surface area (Å²) in [6.07, 6.45) is 4.60. The van der Waals surface area contributed by atoms with E-state index in [0.717, 1.165) is 10.5 Å². The molecule has 136 valence electrons. The summed E-state index contributed by atoms with van der Waals surface area (Å²) in [6, 6.07) is 10.2. The first-order chi connectivity index (χ1) is 12.3. The number of hydrogen-bond donors (Lipinski definition) is 2. The van der Waals surface area contributed by atoms with E-state index in [1.54, 1.807) is 31.7 Å².